The van der Waals surface area contributed by atoms with Crippen molar-refractivity contribution in [1.29, 1.82) is 0 Å². The number of ether oxygens (including phenoxy) is 1. The van der Waals surface area contributed by atoms with Crippen LogP contribution in [-0.2, 0) is 4.74 Å². The third-order valence-corrected chi connectivity index (χ3v) is 3.54. The summed E-state index contributed by atoms with van der Waals surface area (Å²) in [6.45, 7) is 1.84. The fraction of sp³-hybridized carbons (Fsp3) is 0.500. The van der Waals surface area contributed by atoms with E-state index < -0.39 is 10.8 Å². The van der Waals surface area contributed by atoms with Crippen molar-refractivity contribution in [1.82, 2.24) is 5.32 Å². The van der Waals surface area contributed by atoms with E-state index in [2.05, 4.69) is 5.32 Å². The zero-order chi connectivity index (χ0) is 15.2. The number of hydrogen-bond donors (Lipinski definition) is 1. The van der Waals surface area contributed by atoms with E-state index in [0.29, 0.717) is 19.6 Å². The van der Waals surface area contributed by atoms with Gasteiger partial charge >= 0.3 is 0 Å². The Balaban J connectivity index is 1.76. The first-order valence-corrected chi connectivity index (χ1v) is 7.25. The highest BCUT2D eigenvalue weighted by atomic mass is 35.5. The molecule has 1 saturated carbocycles. The van der Waals surface area contributed by atoms with Gasteiger partial charge in [-0.2, -0.15) is 0 Å². The van der Waals surface area contributed by atoms with Crippen LogP contribution in [-0.4, -0.2) is 30.6 Å². The van der Waals surface area contributed by atoms with Crippen LogP contribution in [0.3, 0.4) is 0 Å². The summed E-state index contributed by atoms with van der Waals surface area (Å²) in [6, 6.07) is 3.81. The van der Waals surface area contributed by atoms with Crippen LogP contribution in [0, 0.1) is 16.0 Å². The normalized spacial score (nSPS) is 14.0. The van der Waals surface area contributed by atoms with E-state index in [9.17, 15) is 14.9 Å². The topological polar surface area (TPSA) is 81.5 Å². The van der Waals surface area contributed by atoms with Gasteiger partial charge < -0.3 is 10.1 Å². The Kier molecular flexibility index (Phi) is 5.52. The highest BCUT2D eigenvalue weighted by molar-refractivity contribution is 6.33. The molecule has 1 aromatic rings. The number of halogens is 1. The van der Waals surface area contributed by atoms with Crippen molar-refractivity contribution in [3.8, 4) is 0 Å². The summed E-state index contributed by atoms with van der Waals surface area (Å²) in [6.07, 6.45) is 3.20. The molecule has 1 aromatic carbocycles. The number of nitro groups is 1. The predicted octanol–water partition coefficient (Wildman–Crippen LogP) is 2.79. The zero-order valence-electron chi connectivity index (χ0n) is 11.5. The molecule has 0 saturated heterocycles. The molecule has 0 heterocycles. The molecule has 0 atom stereocenters. The fourth-order valence-corrected chi connectivity index (χ4v) is 2.01. The summed E-state index contributed by atoms with van der Waals surface area (Å²) in [7, 11) is 0. The molecule has 114 valence electrons. The Labute approximate surface area is 127 Å². The third kappa shape index (κ3) is 4.99. The molecule has 0 aliphatic heterocycles. The SMILES string of the molecule is O=C(NCCCOCC1CC1)c1cc([N+](=O)[O-])ccc1Cl. The number of benzene rings is 1. The number of nitrogens with one attached hydrogen (secondary N) is 1. The molecule has 0 radical (unpaired) electrons. The molecule has 1 aliphatic rings. The average molecular weight is 313 g/mol. The van der Waals surface area contributed by atoms with E-state index >= 15 is 0 Å². The highest BCUT2D eigenvalue weighted by Crippen LogP contribution is 2.28. The first kappa shape index (κ1) is 15.7. The number of nitro benzene ring substituents is 1. The van der Waals surface area contributed by atoms with Gasteiger partial charge in [0.15, 0.2) is 0 Å². The molecule has 6 nitrogen and oxygen atoms in total. The summed E-state index contributed by atoms with van der Waals surface area (Å²) in [5.41, 5.74) is -0.0397. The molecule has 1 N–H and O–H groups in total. The molecular formula is C14H17ClN2O4. The summed E-state index contributed by atoms with van der Waals surface area (Å²) >= 11 is 5.89. The van der Waals surface area contributed by atoms with Gasteiger partial charge in [-0.1, -0.05) is 11.6 Å². The maximum absolute atomic E-state index is 11.9. The number of nitrogens with zero attached hydrogens (tertiary/aromatic N) is 1. The molecular weight excluding hydrogens is 296 g/mol. The maximum atomic E-state index is 11.9. The van der Waals surface area contributed by atoms with E-state index in [1.807, 2.05) is 0 Å². The number of rotatable bonds is 8. The van der Waals surface area contributed by atoms with Gasteiger partial charge in [0.05, 0.1) is 15.5 Å². The van der Waals surface area contributed by atoms with Crippen LogP contribution < -0.4 is 5.32 Å². The molecule has 0 unspecified atom stereocenters. The number of carbonyl (C=O) groups excluding carboxylic acids is 1. The minimum Gasteiger partial charge on any atom is -0.381 e. The van der Waals surface area contributed by atoms with Crippen molar-refractivity contribution in [2.45, 2.75) is 19.3 Å². The van der Waals surface area contributed by atoms with Gasteiger partial charge in [0, 0.05) is 31.9 Å². The predicted molar refractivity (Wildman–Crippen MR) is 78.6 cm³/mol. The van der Waals surface area contributed by atoms with Crippen molar-refractivity contribution < 1.29 is 14.5 Å². The summed E-state index contributed by atoms with van der Waals surface area (Å²) in [5.74, 6) is 0.314. The minimum absolute atomic E-state index is 0.116. The molecule has 7 heteroatoms. The lowest BCUT2D eigenvalue weighted by Gasteiger charge is -2.07. The highest BCUT2D eigenvalue weighted by Gasteiger charge is 2.21. The molecule has 21 heavy (non-hydrogen) atoms. The van der Waals surface area contributed by atoms with Crippen molar-refractivity contribution >= 4 is 23.2 Å². The first-order valence-electron chi connectivity index (χ1n) is 6.88. The van der Waals surface area contributed by atoms with Crippen LogP contribution in [0.5, 0.6) is 0 Å². The van der Waals surface area contributed by atoms with Crippen LogP contribution in [0.1, 0.15) is 29.6 Å². The lowest BCUT2D eigenvalue weighted by molar-refractivity contribution is -0.384. The molecule has 2 rings (SSSR count). The second kappa shape index (κ2) is 7.38. The van der Waals surface area contributed by atoms with Gasteiger partial charge in [-0.15, -0.1) is 0 Å². The van der Waals surface area contributed by atoms with E-state index in [4.69, 9.17) is 16.3 Å². The quantitative estimate of drug-likeness (QED) is 0.454. The lowest BCUT2D eigenvalue weighted by Crippen LogP contribution is -2.25. The van der Waals surface area contributed by atoms with Crippen molar-refractivity contribution in [3.05, 3.63) is 38.9 Å². The number of non-ortho nitro benzene ring substituents is 1. The van der Waals surface area contributed by atoms with Gasteiger partial charge in [0.25, 0.3) is 11.6 Å². The number of amides is 1. The van der Waals surface area contributed by atoms with Crippen LogP contribution >= 0.6 is 11.6 Å². The van der Waals surface area contributed by atoms with Gasteiger partial charge in [0.2, 0.25) is 0 Å². The molecule has 0 spiro atoms. The van der Waals surface area contributed by atoms with Gasteiger partial charge in [-0.3, -0.25) is 14.9 Å². The molecule has 0 bridgehead atoms. The van der Waals surface area contributed by atoms with Crippen molar-refractivity contribution in [2.75, 3.05) is 19.8 Å². The van der Waals surface area contributed by atoms with E-state index in [-0.39, 0.29) is 16.3 Å². The molecule has 1 aliphatic carbocycles. The summed E-state index contributed by atoms with van der Waals surface area (Å²) < 4.78 is 5.45. The number of carbonyl (C=O) groups is 1. The van der Waals surface area contributed by atoms with Gasteiger partial charge in [0.1, 0.15) is 0 Å². The second-order valence-corrected chi connectivity index (χ2v) is 5.46. The monoisotopic (exact) mass is 312 g/mol. The average Bonchev–Trinajstić information content (AvgIpc) is 3.26. The van der Waals surface area contributed by atoms with Crippen molar-refractivity contribution in [3.63, 3.8) is 0 Å². The van der Waals surface area contributed by atoms with Crippen LogP contribution in [0.25, 0.3) is 0 Å². The third-order valence-electron chi connectivity index (χ3n) is 3.21. The van der Waals surface area contributed by atoms with Crippen LogP contribution in [0.2, 0.25) is 5.02 Å². The van der Waals surface area contributed by atoms with E-state index in [1.54, 1.807) is 0 Å². The maximum Gasteiger partial charge on any atom is 0.270 e. The molecule has 1 amide bonds. The zero-order valence-corrected chi connectivity index (χ0v) is 12.3. The van der Waals surface area contributed by atoms with Crippen LogP contribution in [0.4, 0.5) is 5.69 Å². The number of hydrogen-bond acceptors (Lipinski definition) is 4. The molecule has 0 aromatic heterocycles. The van der Waals surface area contributed by atoms with Crippen LogP contribution in [0.15, 0.2) is 18.2 Å². The summed E-state index contributed by atoms with van der Waals surface area (Å²) in [5, 5.41) is 13.6. The van der Waals surface area contributed by atoms with E-state index in [0.717, 1.165) is 12.5 Å². The van der Waals surface area contributed by atoms with Gasteiger partial charge in [-0.25, -0.2) is 0 Å². The lowest BCUT2D eigenvalue weighted by atomic mass is 10.2. The minimum atomic E-state index is -0.557. The van der Waals surface area contributed by atoms with Gasteiger partial charge in [-0.05, 0) is 31.2 Å². The second-order valence-electron chi connectivity index (χ2n) is 5.05. The first-order chi connectivity index (χ1) is 10.1. The Hall–Kier alpha value is -1.66. The fourth-order valence-electron chi connectivity index (χ4n) is 1.81. The summed E-state index contributed by atoms with van der Waals surface area (Å²) in [4.78, 5) is 22.1. The Morgan fingerprint density at radius 2 is 2.24 bits per heavy atom. The van der Waals surface area contributed by atoms with Crippen molar-refractivity contribution in [2.24, 2.45) is 5.92 Å². The van der Waals surface area contributed by atoms with E-state index in [1.165, 1.54) is 31.0 Å². The Morgan fingerprint density at radius 1 is 1.48 bits per heavy atom. The molecule has 1 fully saturated rings. The smallest absolute Gasteiger partial charge is 0.270 e. The standard InChI is InChI=1S/C14H17ClN2O4/c15-13-5-4-11(17(19)20)8-12(13)14(18)16-6-1-7-21-9-10-2-3-10/h4-5,8,10H,1-3,6-7,9H2,(H,16,18). The Bertz CT molecular complexity index is 532. The largest absolute Gasteiger partial charge is 0.381 e. The Morgan fingerprint density at radius 3 is 2.90 bits per heavy atom.